The Morgan fingerprint density at radius 2 is 1.86 bits per heavy atom. The van der Waals surface area contributed by atoms with E-state index in [-0.39, 0.29) is 5.91 Å². The first-order valence-corrected chi connectivity index (χ1v) is 8.43. The summed E-state index contributed by atoms with van der Waals surface area (Å²) in [6.45, 7) is 5.86. The fourth-order valence-electron chi connectivity index (χ4n) is 2.89. The van der Waals surface area contributed by atoms with Crippen molar-refractivity contribution in [2.75, 3.05) is 26.2 Å². The van der Waals surface area contributed by atoms with E-state index < -0.39 is 0 Å². The van der Waals surface area contributed by atoms with Gasteiger partial charge in [-0.15, -0.1) is 0 Å². The van der Waals surface area contributed by atoms with E-state index in [2.05, 4.69) is 29.3 Å². The Labute approximate surface area is 132 Å². The van der Waals surface area contributed by atoms with Crippen molar-refractivity contribution in [3.8, 4) is 5.75 Å². The quantitative estimate of drug-likeness (QED) is 0.877. The van der Waals surface area contributed by atoms with Crippen molar-refractivity contribution in [1.29, 1.82) is 0 Å². The predicted molar refractivity (Wildman–Crippen MR) is 87.0 cm³/mol. The topological polar surface area (TPSA) is 41.6 Å². The van der Waals surface area contributed by atoms with Gasteiger partial charge in [0.15, 0.2) is 0 Å². The number of likely N-dealkylation sites (tertiary alicyclic amines) is 1. The summed E-state index contributed by atoms with van der Waals surface area (Å²) in [6.07, 6.45) is 4.29. The number of carbonyl (C=O) groups is 1. The average molecular weight is 302 g/mol. The summed E-state index contributed by atoms with van der Waals surface area (Å²) in [5.41, 5.74) is 1.25. The third-order valence-electron chi connectivity index (χ3n) is 4.58. The summed E-state index contributed by atoms with van der Waals surface area (Å²) in [5, 5.41) is 3.19. The maximum atomic E-state index is 11.8. The molecule has 1 amide bonds. The molecule has 1 aromatic carbocycles. The van der Waals surface area contributed by atoms with Crippen LogP contribution in [-0.4, -0.2) is 43.1 Å². The van der Waals surface area contributed by atoms with Gasteiger partial charge in [0.1, 0.15) is 12.4 Å². The second-order valence-electron chi connectivity index (χ2n) is 6.56. The van der Waals surface area contributed by atoms with Crippen LogP contribution in [0.25, 0.3) is 0 Å². The van der Waals surface area contributed by atoms with Gasteiger partial charge in [0, 0.05) is 31.6 Å². The van der Waals surface area contributed by atoms with E-state index in [4.69, 9.17) is 4.74 Å². The van der Waals surface area contributed by atoms with Gasteiger partial charge in [0.2, 0.25) is 5.91 Å². The third kappa shape index (κ3) is 4.47. The van der Waals surface area contributed by atoms with Gasteiger partial charge in [-0.3, -0.25) is 9.69 Å². The Morgan fingerprint density at radius 1 is 1.18 bits per heavy atom. The maximum absolute atomic E-state index is 11.8. The highest BCUT2D eigenvalue weighted by Crippen LogP contribution is 2.29. The highest BCUT2D eigenvalue weighted by molar-refractivity contribution is 5.81. The number of nitrogens with one attached hydrogen (secondary N) is 1. The van der Waals surface area contributed by atoms with Crippen molar-refractivity contribution in [1.82, 2.24) is 10.2 Å². The fraction of sp³-hybridized carbons (Fsp3) is 0.611. The van der Waals surface area contributed by atoms with Gasteiger partial charge in [-0.25, -0.2) is 0 Å². The molecular formula is C18H26N2O2. The number of ether oxygens (including phenoxy) is 1. The molecule has 0 atom stereocenters. The summed E-state index contributed by atoms with van der Waals surface area (Å²) < 4.78 is 5.78. The highest BCUT2D eigenvalue weighted by atomic mass is 16.5. The number of hydrogen-bond donors (Lipinski definition) is 1. The van der Waals surface area contributed by atoms with Crippen LogP contribution in [0.2, 0.25) is 0 Å². The number of amides is 1. The number of hydrogen-bond acceptors (Lipinski definition) is 3. The molecule has 1 aliphatic carbocycles. The molecule has 2 fully saturated rings. The highest BCUT2D eigenvalue weighted by Gasteiger charge is 2.31. The molecule has 0 radical (unpaired) electrons. The molecule has 1 aromatic rings. The van der Waals surface area contributed by atoms with Gasteiger partial charge in [-0.2, -0.15) is 0 Å². The lowest BCUT2D eigenvalue weighted by atomic mass is 10.0. The van der Waals surface area contributed by atoms with E-state index in [1.54, 1.807) is 0 Å². The molecule has 120 valence electrons. The van der Waals surface area contributed by atoms with Gasteiger partial charge in [-0.1, -0.05) is 17.7 Å². The number of aryl methyl sites for hydroxylation is 1. The Bertz CT molecular complexity index is 488. The molecule has 22 heavy (non-hydrogen) atoms. The minimum Gasteiger partial charge on any atom is -0.492 e. The minimum absolute atomic E-state index is 0.279. The molecule has 4 heteroatoms. The lowest BCUT2D eigenvalue weighted by Gasteiger charge is -2.32. The predicted octanol–water partition coefficient (Wildman–Crippen LogP) is 2.36. The van der Waals surface area contributed by atoms with E-state index in [0.717, 1.165) is 57.7 Å². The van der Waals surface area contributed by atoms with Crippen LogP contribution in [0.5, 0.6) is 5.75 Å². The molecule has 1 saturated carbocycles. The molecule has 0 spiro atoms. The van der Waals surface area contributed by atoms with Crippen LogP contribution in [0.15, 0.2) is 24.3 Å². The Balaban J connectivity index is 1.31. The number of rotatable bonds is 6. The van der Waals surface area contributed by atoms with E-state index >= 15 is 0 Å². The number of nitrogens with zero attached hydrogens (tertiary/aromatic N) is 1. The molecule has 0 bridgehead atoms. The Morgan fingerprint density at radius 3 is 2.50 bits per heavy atom. The standard InChI is InChI=1S/C18H26N2O2/c1-14-2-6-17(7-3-14)22-13-12-20-10-8-16(9-11-20)19-18(21)15-4-5-15/h2-3,6-7,15-16H,4-5,8-13H2,1H3,(H,19,21). The second-order valence-corrected chi connectivity index (χ2v) is 6.56. The molecule has 1 saturated heterocycles. The number of carbonyl (C=O) groups excluding carboxylic acids is 1. The molecule has 1 N–H and O–H groups in total. The Kier molecular flexibility index (Phi) is 4.98. The maximum Gasteiger partial charge on any atom is 0.223 e. The lowest BCUT2D eigenvalue weighted by molar-refractivity contribution is -0.123. The zero-order valence-electron chi connectivity index (χ0n) is 13.4. The molecule has 3 rings (SSSR count). The molecule has 1 aliphatic heterocycles. The first-order chi connectivity index (χ1) is 10.7. The SMILES string of the molecule is Cc1ccc(OCCN2CCC(NC(=O)C3CC3)CC2)cc1. The van der Waals surface area contributed by atoms with E-state index in [0.29, 0.717) is 12.0 Å². The van der Waals surface area contributed by atoms with Crippen molar-refractivity contribution < 1.29 is 9.53 Å². The summed E-state index contributed by atoms with van der Waals surface area (Å²) in [6, 6.07) is 8.57. The smallest absolute Gasteiger partial charge is 0.223 e. The van der Waals surface area contributed by atoms with Crippen molar-refractivity contribution in [3.05, 3.63) is 29.8 Å². The number of benzene rings is 1. The summed E-state index contributed by atoms with van der Waals surface area (Å²) in [5.74, 6) is 1.54. The van der Waals surface area contributed by atoms with Gasteiger partial charge in [-0.05, 0) is 44.7 Å². The van der Waals surface area contributed by atoms with Crippen LogP contribution in [0.1, 0.15) is 31.2 Å². The van der Waals surface area contributed by atoms with Gasteiger partial charge in [0.05, 0.1) is 0 Å². The van der Waals surface area contributed by atoms with Crippen LogP contribution in [0.3, 0.4) is 0 Å². The van der Waals surface area contributed by atoms with E-state index in [9.17, 15) is 4.79 Å². The van der Waals surface area contributed by atoms with Crippen molar-refractivity contribution in [2.45, 2.75) is 38.6 Å². The van der Waals surface area contributed by atoms with Gasteiger partial charge in [0.25, 0.3) is 0 Å². The minimum atomic E-state index is 0.279. The summed E-state index contributed by atoms with van der Waals surface area (Å²) in [4.78, 5) is 14.2. The molecule has 4 nitrogen and oxygen atoms in total. The van der Waals surface area contributed by atoms with Gasteiger partial charge < -0.3 is 10.1 Å². The largest absolute Gasteiger partial charge is 0.492 e. The fourth-order valence-corrected chi connectivity index (χ4v) is 2.89. The van der Waals surface area contributed by atoms with Crippen LogP contribution < -0.4 is 10.1 Å². The second kappa shape index (κ2) is 7.14. The summed E-state index contributed by atoms with van der Waals surface area (Å²) in [7, 11) is 0. The van der Waals surface area contributed by atoms with Crippen molar-refractivity contribution >= 4 is 5.91 Å². The Hall–Kier alpha value is -1.55. The monoisotopic (exact) mass is 302 g/mol. The molecule has 2 aliphatic rings. The van der Waals surface area contributed by atoms with E-state index in [1.807, 2.05) is 12.1 Å². The molecule has 1 heterocycles. The van der Waals surface area contributed by atoms with Crippen LogP contribution in [0.4, 0.5) is 0 Å². The first-order valence-electron chi connectivity index (χ1n) is 8.43. The molecule has 0 unspecified atom stereocenters. The van der Waals surface area contributed by atoms with Gasteiger partial charge >= 0.3 is 0 Å². The summed E-state index contributed by atoms with van der Waals surface area (Å²) >= 11 is 0. The normalized spacial score (nSPS) is 19.9. The van der Waals surface area contributed by atoms with Crippen LogP contribution >= 0.6 is 0 Å². The van der Waals surface area contributed by atoms with Crippen LogP contribution in [-0.2, 0) is 4.79 Å². The van der Waals surface area contributed by atoms with Crippen LogP contribution in [0, 0.1) is 12.8 Å². The first kappa shape index (κ1) is 15.3. The van der Waals surface area contributed by atoms with E-state index in [1.165, 1.54) is 5.56 Å². The van der Waals surface area contributed by atoms with Crippen molar-refractivity contribution in [3.63, 3.8) is 0 Å². The molecule has 0 aromatic heterocycles. The third-order valence-corrected chi connectivity index (χ3v) is 4.58. The number of piperidine rings is 1. The molecular weight excluding hydrogens is 276 g/mol. The zero-order valence-corrected chi connectivity index (χ0v) is 13.4. The van der Waals surface area contributed by atoms with Crippen molar-refractivity contribution in [2.24, 2.45) is 5.92 Å². The lowest BCUT2D eigenvalue weighted by Crippen LogP contribution is -2.45. The average Bonchev–Trinajstić information content (AvgIpc) is 3.36. The zero-order chi connectivity index (χ0) is 15.4.